The smallest absolute Gasteiger partial charge is 0.231 e. The second kappa shape index (κ2) is 5.66. The van der Waals surface area contributed by atoms with Gasteiger partial charge < -0.3 is 9.47 Å². The van der Waals surface area contributed by atoms with Gasteiger partial charge in [-0.25, -0.2) is 4.58 Å². The van der Waals surface area contributed by atoms with Gasteiger partial charge in [-0.1, -0.05) is 6.07 Å². The van der Waals surface area contributed by atoms with Crippen LogP contribution in [-0.2, 0) is 0 Å². The minimum Gasteiger partial charge on any atom is -0.454 e. The Kier molecular flexibility index (Phi) is 3.93. The van der Waals surface area contributed by atoms with E-state index in [1.165, 1.54) is 5.56 Å². The van der Waals surface area contributed by atoms with Crippen LogP contribution in [0.15, 0.2) is 18.2 Å². The van der Waals surface area contributed by atoms with Crippen LogP contribution in [-0.4, -0.2) is 46.7 Å². The molecule has 3 rings (SSSR count). The predicted octanol–water partition coefficient (Wildman–Crippen LogP) is 2.27. The van der Waals surface area contributed by atoms with E-state index in [4.69, 9.17) is 9.47 Å². The molecule has 0 spiro atoms. The predicted molar refractivity (Wildman–Crippen MR) is 82.6 cm³/mol. The van der Waals surface area contributed by atoms with Crippen molar-refractivity contribution in [3.05, 3.63) is 23.8 Å². The van der Waals surface area contributed by atoms with Gasteiger partial charge in [-0.3, -0.25) is 4.90 Å². The second-order valence-corrected chi connectivity index (χ2v) is 5.52. The Hall–Kier alpha value is -0.820. The molecule has 1 aromatic rings. The van der Waals surface area contributed by atoms with Crippen molar-refractivity contribution in [1.82, 2.24) is 4.90 Å². The van der Waals surface area contributed by atoms with E-state index in [-0.39, 0.29) is 0 Å². The molecular weight excluding hydrogens is 355 g/mol. The van der Waals surface area contributed by atoms with E-state index in [1.54, 1.807) is 0 Å². The number of benzene rings is 1. The quantitative estimate of drug-likeness (QED) is 0.588. The molecule has 0 bridgehead atoms. The fraction of sp³-hybridized carbons (Fsp3) is 0.500. The Bertz CT molecular complexity index is 494. The lowest BCUT2D eigenvalue weighted by Crippen LogP contribution is -2.43. The largest absolute Gasteiger partial charge is 0.454 e. The first-order valence-electron chi connectivity index (χ1n) is 6.59. The molecule has 0 saturated carbocycles. The highest BCUT2D eigenvalue weighted by Gasteiger charge is 2.24. The molecule has 0 N–H and O–H groups in total. The minimum atomic E-state index is 0.345. The number of halogens is 1. The summed E-state index contributed by atoms with van der Waals surface area (Å²) in [6.07, 6.45) is 0. The van der Waals surface area contributed by atoms with Crippen molar-refractivity contribution < 1.29 is 14.0 Å². The molecule has 1 unspecified atom stereocenters. The SMILES string of the molecule is CC(c1ccc2c(c1)OCO2)N1CC[N+](=CI)CC1. The second-order valence-electron chi connectivity index (χ2n) is 4.96. The van der Waals surface area contributed by atoms with Gasteiger partial charge >= 0.3 is 0 Å². The van der Waals surface area contributed by atoms with Crippen molar-refractivity contribution >= 4 is 26.8 Å². The molecule has 1 saturated heterocycles. The maximum atomic E-state index is 5.46. The molecule has 4 nitrogen and oxygen atoms in total. The molecule has 5 heteroatoms. The molecule has 0 amide bonds. The Labute approximate surface area is 127 Å². The molecular formula is C14H18IN2O2+. The normalized spacial score (nSPS) is 20.4. The molecule has 0 aliphatic carbocycles. The molecule has 0 radical (unpaired) electrons. The van der Waals surface area contributed by atoms with E-state index in [0.29, 0.717) is 12.8 Å². The van der Waals surface area contributed by atoms with Crippen LogP contribution in [0.25, 0.3) is 0 Å². The van der Waals surface area contributed by atoms with Crippen molar-refractivity contribution in [2.45, 2.75) is 13.0 Å². The molecule has 19 heavy (non-hydrogen) atoms. The highest BCUT2D eigenvalue weighted by atomic mass is 127. The number of piperazine rings is 1. The minimum absolute atomic E-state index is 0.345. The fourth-order valence-corrected chi connectivity index (χ4v) is 3.16. The van der Waals surface area contributed by atoms with Gasteiger partial charge in [0.15, 0.2) is 28.8 Å². The number of hydrogen-bond donors (Lipinski definition) is 0. The molecule has 1 atom stereocenters. The molecule has 2 aliphatic rings. The highest BCUT2D eigenvalue weighted by molar-refractivity contribution is 14.1. The average Bonchev–Trinajstić information content (AvgIpc) is 2.94. The van der Waals surface area contributed by atoms with Crippen LogP contribution in [0.1, 0.15) is 18.5 Å². The molecule has 102 valence electrons. The van der Waals surface area contributed by atoms with Gasteiger partial charge in [-0.2, -0.15) is 0 Å². The third-order valence-electron chi connectivity index (χ3n) is 3.91. The monoisotopic (exact) mass is 373 g/mol. The van der Waals surface area contributed by atoms with Gasteiger partial charge in [0.1, 0.15) is 0 Å². The number of ether oxygens (including phenoxy) is 2. The summed E-state index contributed by atoms with van der Waals surface area (Å²) in [6.45, 7) is 7.04. The van der Waals surface area contributed by atoms with Crippen molar-refractivity contribution in [2.24, 2.45) is 0 Å². The maximum absolute atomic E-state index is 5.46. The molecule has 1 fully saturated rings. The summed E-state index contributed by atoms with van der Waals surface area (Å²) in [7, 11) is 0. The number of rotatable bonds is 2. The van der Waals surface area contributed by atoms with E-state index < -0.39 is 0 Å². The first kappa shape index (κ1) is 13.2. The third kappa shape index (κ3) is 2.72. The number of hydrogen-bond acceptors (Lipinski definition) is 3. The summed E-state index contributed by atoms with van der Waals surface area (Å²) in [6, 6.07) is 6.70. The summed E-state index contributed by atoms with van der Waals surface area (Å²) < 4.78 is 15.3. The van der Waals surface area contributed by atoms with Crippen molar-refractivity contribution in [2.75, 3.05) is 33.0 Å². The molecule has 2 heterocycles. The topological polar surface area (TPSA) is 24.7 Å². The van der Waals surface area contributed by atoms with Crippen LogP contribution in [0.3, 0.4) is 0 Å². The lowest BCUT2D eigenvalue weighted by Gasteiger charge is -2.31. The zero-order valence-corrected chi connectivity index (χ0v) is 13.2. The lowest BCUT2D eigenvalue weighted by molar-refractivity contribution is -0.533. The lowest BCUT2D eigenvalue weighted by atomic mass is 10.1. The Morgan fingerprint density at radius 2 is 2.00 bits per heavy atom. The standard InChI is InChI=1S/C14H18IN2O2/c1-11(17-6-4-16(9-15)5-7-17)12-2-3-13-14(8-12)19-10-18-13/h2-3,8-9,11H,4-7,10H2,1H3/q+1. The van der Waals surface area contributed by atoms with Crippen LogP contribution >= 0.6 is 22.6 Å². The van der Waals surface area contributed by atoms with Gasteiger partial charge in [0.05, 0.1) is 13.1 Å². The van der Waals surface area contributed by atoms with Crippen LogP contribution in [0.5, 0.6) is 11.5 Å². The maximum Gasteiger partial charge on any atom is 0.231 e. The molecule has 1 aromatic carbocycles. The van der Waals surface area contributed by atoms with Crippen LogP contribution in [0.2, 0.25) is 0 Å². The van der Waals surface area contributed by atoms with Gasteiger partial charge in [0.25, 0.3) is 0 Å². The van der Waals surface area contributed by atoms with Gasteiger partial charge in [-0.15, -0.1) is 0 Å². The molecule has 2 aliphatic heterocycles. The van der Waals surface area contributed by atoms with E-state index in [2.05, 4.69) is 55.3 Å². The van der Waals surface area contributed by atoms with Crippen LogP contribution in [0.4, 0.5) is 0 Å². The van der Waals surface area contributed by atoms with E-state index >= 15 is 0 Å². The Balaban J connectivity index is 1.72. The van der Waals surface area contributed by atoms with Crippen molar-refractivity contribution in [1.29, 1.82) is 0 Å². The number of fused-ring (bicyclic) bond motifs is 1. The Morgan fingerprint density at radius 3 is 2.74 bits per heavy atom. The van der Waals surface area contributed by atoms with Crippen LogP contribution in [0, 0.1) is 0 Å². The van der Waals surface area contributed by atoms with Gasteiger partial charge in [-0.05, 0) is 24.6 Å². The summed E-state index contributed by atoms with van der Waals surface area (Å²) >= 11 is 2.31. The fourth-order valence-electron chi connectivity index (χ4n) is 2.61. The van der Waals surface area contributed by atoms with Gasteiger partial charge in [0, 0.05) is 28.6 Å². The summed E-state index contributed by atoms with van der Waals surface area (Å²) in [5.41, 5.74) is 1.30. The van der Waals surface area contributed by atoms with Crippen molar-refractivity contribution in [3.63, 3.8) is 0 Å². The third-order valence-corrected chi connectivity index (χ3v) is 4.70. The van der Waals surface area contributed by atoms with E-state index in [1.807, 2.05) is 6.07 Å². The van der Waals surface area contributed by atoms with Gasteiger partial charge in [0.2, 0.25) is 6.79 Å². The summed E-state index contributed by atoms with van der Waals surface area (Å²) in [4.78, 5) is 2.52. The van der Waals surface area contributed by atoms with E-state index in [0.717, 1.165) is 37.7 Å². The zero-order chi connectivity index (χ0) is 13.2. The Morgan fingerprint density at radius 1 is 1.26 bits per heavy atom. The van der Waals surface area contributed by atoms with Crippen molar-refractivity contribution in [3.8, 4) is 11.5 Å². The average molecular weight is 373 g/mol. The number of nitrogens with zero attached hydrogens (tertiary/aromatic N) is 2. The van der Waals surface area contributed by atoms with E-state index in [9.17, 15) is 0 Å². The summed E-state index contributed by atoms with van der Waals surface area (Å²) in [5.74, 6) is 1.74. The van der Waals surface area contributed by atoms with Crippen LogP contribution < -0.4 is 9.47 Å². The summed E-state index contributed by atoms with van der Waals surface area (Å²) in [5, 5.41) is 0. The first-order valence-corrected chi connectivity index (χ1v) is 7.83. The highest BCUT2D eigenvalue weighted by Crippen LogP contribution is 2.35. The first-order chi connectivity index (χ1) is 9.28. The zero-order valence-electron chi connectivity index (χ0n) is 11.0. The molecule has 0 aromatic heterocycles.